The van der Waals surface area contributed by atoms with E-state index in [4.69, 9.17) is 4.74 Å². The number of aromatic nitrogens is 1. The number of nitrogens with zero attached hydrogens (tertiary/aromatic N) is 1. The predicted octanol–water partition coefficient (Wildman–Crippen LogP) is 3.05. The molecule has 1 aromatic heterocycles. The van der Waals surface area contributed by atoms with Crippen molar-refractivity contribution in [1.29, 1.82) is 0 Å². The minimum Gasteiger partial charge on any atom is -0.497 e. The smallest absolute Gasteiger partial charge is 0.349 e. The number of aryl methyl sites for hydroxylation is 1. The maximum absolute atomic E-state index is 13.9. The Morgan fingerprint density at radius 3 is 2.68 bits per heavy atom. The lowest BCUT2D eigenvalue weighted by atomic mass is 10.2. The molecule has 0 N–H and O–H groups in total. The summed E-state index contributed by atoms with van der Waals surface area (Å²) < 4.78 is 23.5. The second kappa shape index (κ2) is 5.36. The Kier molecular flexibility index (Phi) is 3.80. The molecule has 0 bridgehead atoms. The Labute approximate surface area is 113 Å². The van der Waals surface area contributed by atoms with Crippen LogP contribution in [0.25, 0.3) is 10.6 Å². The number of hydrogen-bond acceptors (Lipinski definition) is 5. The highest BCUT2D eigenvalue weighted by Gasteiger charge is 2.18. The number of esters is 1. The second-order valence-electron chi connectivity index (χ2n) is 3.77. The lowest BCUT2D eigenvalue weighted by Crippen LogP contribution is -1.99. The van der Waals surface area contributed by atoms with Gasteiger partial charge in [0, 0.05) is 11.6 Å². The predicted molar refractivity (Wildman–Crippen MR) is 70.1 cm³/mol. The van der Waals surface area contributed by atoms with Crippen LogP contribution in [0.2, 0.25) is 0 Å². The van der Waals surface area contributed by atoms with E-state index in [-0.39, 0.29) is 0 Å². The van der Waals surface area contributed by atoms with E-state index < -0.39 is 11.8 Å². The summed E-state index contributed by atoms with van der Waals surface area (Å²) in [4.78, 5) is 16.1. The van der Waals surface area contributed by atoms with Crippen LogP contribution in [0.1, 0.15) is 15.4 Å². The minimum atomic E-state index is -0.463. The number of hydrogen-bond donors (Lipinski definition) is 0. The van der Waals surface area contributed by atoms with Crippen molar-refractivity contribution in [2.75, 3.05) is 14.2 Å². The number of ether oxygens (including phenoxy) is 2. The number of carbonyl (C=O) groups excluding carboxylic acids is 1. The maximum atomic E-state index is 13.9. The van der Waals surface area contributed by atoms with Crippen molar-refractivity contribution in [2.45, 2.75) is 6.92 Å². The number of thiazole rings is 1. The van der Waals surface area contributed by atoms with Crippen LogP contribution in [0.15, 0.2) is 18.2 Å². The van der Waals surface area contributed by atoms with E-state index >= 15 is 0 Å². The van der Waals surface area contributed by atoms with Crippen molar-refractivity contribution in [3.05, 3.63) is 34.6 Å². The van der Waals surface area contributed by atoms with Gasteiger partial charge < -0.3 is 9.47 Å². The molecule has 0 unspecified atom stereocenters. The van der Waals surface area contributed by atoms with E-state index in [1.807, 2.05) is 0 Å². The highest BCUT2D eigenvalue weighted by molar-refractivity contribution is 7.17. The fourth-order valence-corrected chi connectivity index (χ4v) is 2.60. The molecule has 0 fully saturated rings. The fraction of sp³-hybridized carbons (Fsp3) is 0.231. The van der Waals surface area contributed by atoms with Crippen molar-refractivity contribution >= 4 is 17.3 Å². The van der Waals surface area contributed by atoms with Gasteiger partial charge >= 0.3 is 5.97 Å². The summed E-state index contributed by atoms with van der Waals surface area (Å²) >= 11 is 1.11. The molecule has 0 aliphatic rings. The van der Waals surface area contributed by atoms with Crippen LogP contribution in [0, 0.1) is 12.7 Å². The van der Waals surface area contributed by atoms with Gasteiger partial charge in [0.2, 0.25) is 0 Å². The summed E-state index contributed by atoms with van der Waals surface area (Å²) in [5.74, 6) is -0.470. The SMILES string of the molecule is COC(=O)c1sc(-c2ccc(OC)cc2F)nc1C. The molecule has 1 heterocycles. The van der Waals surface area contributed by atoms with Gasteiger partial charge in [-0.3, -0.25) is 0 Å². The first-order chi connectivity index (χ1) is 9.06. The van der Waals surface area contributed by atoms with E-state index in [0.29, 0.717) is 26.9 Å². The summed E-state index contributed by atoms with van der Waals surface area (Å²) in [6.07, 6.45) is 0. The Hall–Kier alpha value is -1.95. The Balaban J connectivity index is 2.45. The van der Waals surface area contributed by atoms with Gasteiger partial charge in [-0.15, -0.1) is 11.3 Å². The topological polar surface area (TPSA) is 48.4 Å². The number of halogens is 1. The van der Waals surface area contributed by atoms with E-state index in [0.717, 1.165) is 11.3 Å². The zero-order valence-electron chi connectivity index (χ0n) is 10.7. The zero-order chi connectivity index (χ0) is 14.0. The highest BCUT2D eigenvalue weighted by Crippen LogP contribution is 2.31. The summed E-state index contributed by atoms with van der Waals surface area (Å²) in [7, 11) is 2.77. The average Bonchev–Trinajstić information content (AvgIpc) is 2.79. The third kappa shape index (κ3) is 2.58. The van der Waals surface area contributed by atoms with Crippen molar-refractivity contribution in [2.24, 2.45) is 0 Å². The molecule has 0 saturated carbocycles. The number of benzene rings is 1. The quantitative estimate of drug-likeness (QED) is 0.811. The highest BCUT2D eigenvalue weighted by atomic mass is 32.1. The van der Waals surface area contributed by atoms with Crippen LogP contribution in [0.4, 0.5) is 4.39 Å². The third-order valence-electron chi connectivity index (χ3n) is 2.57. The normalized spacial score (nSPS) is 10.3. The van der Waals surface area contributed by atoms with Gasteiger partial charge in [0.05, 0.1) is 19.9 Å². The summed E-state index contributed by atoms with van der Waals surface area (Å²) in [5, 5.41) is 0.443. The van der Waals surface area contributed by atoms with Crippen LogP contribution in [0.3, 0.4) is 0 Å². The van der Waals surface area contributed by atoms with Crippen LogP contribution in [-0.4, -0.2) is 25.2 Å². The van der Waals surface area contributed by atoms with E-state index in [1.54, 1.807) is 19.1 Å². The molecule has 2 aromatic rings. The first-order valence-corrected chi connectivity index (χ1v) is 6.28. The molecule has 0 amide bonds. The molecule has 0 aliphatic carbocycles. The Morgan fingerprint density at radius 1 is 1.37 bits per heavy atom. The van der Waals surface area contributed by atoms with E-state index in [9.17, 15) is 9.18 Å². The second-order valence-corrected chi connectivity index (χ2v) is 4.77. The molecule has 6 heteroatoms. The fourth-order valence-electron chi connectivity index (χ4n) is 1.59. The third-order valence-corrected chi connectivity index (χ3v) is 3.74. The van der Waals surface area contributed by atoms with Crippen LogP contribution < -0.4 is 4.74 Å². The lowest BCUT2D eigenvalue weighted by molar-refractivity contribution is 0.0605. The molecule has 2 rings (SSSR count). The number of methoxy groups -OCH3 is 2. The molecule has 0 saturated heterocycles. The maximum Gasteiger partial charge on any atom is 0.349 e. The number of carbonyl (C=O) groups is 1. The minimum absolute atomic E-state index is 0.337. The Morgan fingerprint density at radius 2 is 2.11 bits per heavy atom. The van der Waals surface area contributed by atoms with Gasteiger partial charge in [0.25, 0.3) is 0 Å². The monoisotopic (exact) mass is 281 g/mol. The van der Waals surface area contributed by atoms with Crippen LogP contribution in [-0.2, 0) is 4.74 Å². The molecular weight excluding hydrogens is 269 g/mol. The summed E-state index contributed by atoms with van der Waals surface area (Å²) in [5.41, 5.74) is 0.867. The molecular formula is C13H12FNO3S. The number of rotatable bonds is 3. The molecule has 1 aromatic carbocycles. The molecule has 19 heavy (non-hydrogen) atoms. The molecule has 0 spiro atoms. The van der Waals surface area contributed by atoms with Gasteiger partial charge in [-0.25, -0.2) is 14.2 Å². The largest absolute Gasteiger partial charge is 0.497 e. The Bertz CT molecular complexity index is 624. The first-order valence-electron chi connectivity index (χ1n) is 5.46. The zero-order valence-corrected chi connectivity index (χ0v) is 11.5. The van der Waals surface area contributed by atoms with Crippen molar-refractivity contribution in [3.63, 3.8) is 0 Å². The molecule has 0 aliphatic heterocycles. The van der Waals surface area contributed by atoms with Gasteiger partial charge in [-0.1, -0.05) is 0 Å². The van der Waals surface area contributed by atoms with Crippen molar-refractivity contribution < 1.29 is 18.7 Å². The molecule has 100 valence electrons. The lowest BCUT2D eigenvalue weighted by Gasteiger charge is -2.02. The molecule has 0 atom stereocenters. The van der Waals surface area contributed by atoms with E-state index in [2.05, 4.69) is 9.72 Å². The van der Waals surface area contributed by atoms with Gasteiger partial charge in [0.1, 0.15) is 21.5 Å². The van der Waals surface area contributed by atoms with E-state index in [1.165, 1.54) is 20.3 Å². The van der Waals surface area contributed by atoms with Crippen LogP contribution in [0.5, 0.6) is 5.75 Å². The van der Waals surface area contributed by atoms with Gasteiger partial charge in [-0.05, 0) is 19.1 Å². The van der Waals surface area contributed by atoms with Gasteiger partial charge in [0.15, 0.2) is 0 Å². The van der Waals surface area contributed by atoms with Crippen LogP contribution >= 0.6 is 11.3 Å². The van der Waals surface area contributed by atoms with Gasteiger partial charge in [-0.2, -0.15) is 0 Å². The summed E-state index contributed by atoms with van der Waals surface area (Å²) in [6, 6.07) is 4.50. The molecule has 4 nitrogen and oxygen atoms in total. The average molecular weight is 281 g/mol. The standard InChI is InChI=1S/C13H12FNO3S/c1-7-11(13(16)18-3)19-12(15-7)9-5-4-8(17-2)6-10(9)14/h4-6H,1-3H3. The first kappa shape index (κ1) is 13.5. The van der Waals surface area contributed by atoms with Crippen molar-refractivity contribution in [1.82, 2.24) is 4.98 Å². The van der Waals surface area contributed by atoms with Crippen molar-refractivity contribution in [3.8, 4) is 16.3 Å². The molecule has 0 radical (unpaired) electrons. The summed E-state index contributed by atoms with van der Waals surface area (Å²) in [6.45, 7) is 1.69.